The SMILES string of the molecule is CNC(=O)C(C)CN(C)c1nc(N)c(Cl)cc1Cl. The molecule has 1 heterocycles. The van der Waals surface area contributed by atoms with E-state index in [0.717, 1.165) is 0 Å². The van der Waals surface area contributed by atoms with Crippen LogP contribution in [0.5, 0.6) is 0 Å². The van der Waals surface area contributed by atoms with E-state index >= 15 is 0 Å². The van der Waals surface area contributed by atoms with Crippen molar-refractivity contribution in [3.05, 3.63) is 16.1 Å². The van der Waals surface area contributed by atoms with Crippen LogP contribution in [0.4, 0.5) is 11.6 Å². The second-order valence-corrected chi connectivity index (χ2v) is 4.87. The Hall–Kier alpha value is -1.20. The molecule has 1 unspecified atom stereocenters. The molecule has 100 valence electrons. The van der Waals surface area contributed by atoms with E-state index in [9.17, 15) is 4.79 Å². The van der Waals surface area contributed by atoms with Gasteiger partial charge in [-0.25, -0.2) is 4.98 Å². The zero-order valence-corrected chi connectivity index (χ0v) is 12.0. The third-order valence-electron chi connectivity index (χ3n) is 2.54. The van der Waals surface area contributed by atoms with Crippen molar-refractivity contribution in [2.24, 2.45) is 5.92 Å². The second-order valence-electron chi connectivity index (χ2n) is 4.06. The van der Waals surface area contributed by atoms with Crippen molar-refractivity contribution in [1.29, 1.82) is 0 Å². The van der Waals surface area contributed by atoms with E-state index in [2.05, 4.69) is 10.3 Å². The molecule has 0 saturated carbocycles. The van der Waals surface area contributed by atoms with Gasteiger partial charge >= 0.3 is 0 Å². The van der Waals surface area contributed by atoms with Crippen LogP contribution in [0.3, 0.4) is 0 Å². The second kappa shape index (κ2) is 6.11. The Morgan fingerprint density at radius 3 is 2.72 bits per heavy atom. The molecule has 1 aromatic heterocycles. The maximum Gasteiger partial charge on any atom is 0.224 e. The van der Waals surface area contributed by atoms with Crippen LogP contribution in [-0.4, -0.2) is 31.5 Å². The lowest BCUT2D eigenvalue weighted by molar-refractivity contribution is -0.123. The molecule has 1 amide bonds. The summed E-state index contributed by atoms with van der Waals surface area (Å²) in [7, 11) is 3.39. The molecule has 0 bridgehead atoms. The largest absolute Gasteiger partial charge is 0.382 e. The number of nitrogens with two attached hydrogens (primary N) is 1. The highest BCUT2D eigenvalue weighted by Crippen LogP contribution is 2.29. The average molecular weight is 291 g/mol. The van der Waals surface area contributed by atoms with Crippen LogP contribution in [-0.2, 0) is 4.79 Å². The minimum atomic E-state index is -0.185. The first-order valence-electron chi connectivity index (χ1n) is 5.41. The Bertz CT molecular complexity index is 453. The Kier molecular flexibility index (Phi) is 5.04. The maximum atomic E-state index is 11.4. The fourth-order valence-electron chi connectivity index (χ4n) is 1.56. The van der Waals surface area contributed by atoms with Gasteiger partial charge in [-0.2, -0.15) is 0 Å². The van der Waals surface area contributed by atoms with Gasteiger partial charge in [0.25, 0.3) is 0 Å². The van der Waals surface area contributed by atoms with Crippen LogP contribution in [0.1, 0.15) is 6.92 Å². The number of hydrogen-bond acceptors (Lipinski definition) is 4. The summed E-state index contributed by atoms with van der Waals surface area (Å²) < 4.78 is 0. The van der Waals surface area contributed by atoms with Gasteiger partial charge in [-0.1, -0.05) is 30.1 Å². The van der Waals surface area contributed by atoms with Crippen LogP contribution in [0.15, 0.2) is 6.07 Å². The van der Waals surface area contributed by atoms with Crippen molar-refractivity contribution >= 4 is 40.7 Å². The van der Waals surface area contributed by atoms with Gasteiger partial charge in [-0.15, -0.1) is 0 Å². The van der Waals surface area contributed by atoms with E-state index in [4.69, 9.17) is 28.9 Å². The van der Waals surface area contributed by atoms with Gasteiger partial charge in [0, 0.05) is 20.6 Å². The fraction of sp³-hybridized carbons (Fsp3) is 0.455. The minimum Gasteiger partial charge on any atom is -0.382 e. The van der Waals surface area contributed by atoms with Gasteiger partial charge in [-0.3, -0.25) is 4.79 Å². The Balaban J connectivity index is 2.87. The number of nitrogens with one attached hydrogen (secondary N) is 1. The standard InChI is InChI=1S/C11H16Cl2N4O/c1-6(11(18)15-2)5-17(3)10-8(13)4-7(12)9(14)16-10/h4,6H,5H2,1-3H3,(H2,14,16)(H,15,18). The molecule has 1 rings (SSSR count). The van der Waals surface area contributed by atoms with Crippen molar-refractivity contribution < 1.29 is 4.79 Å². The van der Waals surface area contributed by atoms with Crippen LogP contribution in [0, 0.1) is 5.92 Å². The Morgan fingerprint density at radius 2 is 2.17 bits per heavy atom. The molecule has 0 aliphatic rings. The lowest BCUT2D eigenvalue weighted by atomic mass is 10.1. The Morgan fingerprint density at radius 1 is 1.56 bits per heavy atom. The highest BCUT2D eigenvalue weighted by molar-refractivity contribution is 6.37. The highest BCUT2D eigenvalue weighted by atomic mass is 35.5. The van der Waals surface area contributed by atoms with E-state index < -0.39 is 0 Å². The number of aromatic nitrogens is 1. The van der Waals surface area contributed by atoms with E-state index in [1.807, 2.05) is 6.92 Å². The number of halogens is 2. The smallest absolute Gasteiger partial charge is 0.224 e. The number of pyridine rings is 1. The van der Waals surface area contributed by atoms with Crippen molar-refractivity contribution in [1.82, 2.24) is 10.3 Å². The van der Waals surface area contributed by atoms with Crippen LogP contribution < -0.4 is 16.0 Å². The molecule has 0 radical (unpaired) electrons. The van der Waals surface area contributed by atoms with Gasteiger partial charge in [-0.05, 0) is 6.07 Å². The van der Waals surface area contributed by atoms with Crippen LogP contribution in [0.25, 0.3) is 0 Å². The third-order valence-corrected chi connectivity index (χ3v) is 3.12. The summed E-state index contributed by atoms with van der Waals surface area (Å²) in [5, 5.41) is 3.31. The molecule has 18 heavy (non-hydrogen) atoms. The number of amides is 1. The summed E-state index contributed by atoms with van der Waals surface area (Å²) in [6.45, 7) is 2.30. The number of rotatable bonds is 4. The van der Waals surface area contributed by atoms with Crippen LogP contribution in [0.2, 0.25) is 10.0 Å². The monoisotopic (exact) mass is 290 g/mol. The number of carbonyl (C=O) groups excluding carboxylic acids is 1. The number of anilines is 2. The fourth-order valence-corrected chi connectivity index (χ4v) is 2.07. The first kappa shape index (κ1) is 14.9. The summed E-state index contributed by atoms with van der Waals surface area (Å²) in [5.41, 5.74) is 5.64. The first-order chi connectivity index (χ1) is 8.36. The molecular formula is C11H16Cl2N4O. The molecule has 1 aromatic rings. The van der Waals surface area contributed by atoms with Crippen LogP contribution >= 0.6 is 23.2 Å². The Labute approximate surface area is 116 Å². The predicted molar refractivity (Wildman–Crippen MR) is 75.2 cm³/mol. The predicted octanol–water partition coefficient (Wildman–Crippen LogP) is 1.79. The maximum absolute atomic E-state index is 11.4. The summed E-state index contributed by atoms with van der Waals surface area (Å²) in [6.07, 6.45) is 0. The van der Waals surface area contributed by atoms with E-state index in [1.165, 1.54) is 0 Å². The number of nitrogens with zero attached hydrogens (tertiary/aromatic N) is 2. The number of carbonyl (C=O) groups is 1. The van der Waals surface area contributed by atoms with Gasteiger partial charge in [0.1, 0.15) is 11.6 Å². The summed E-state index contributed by atoms with van der Waals surface area (Å²) >= 11 is 11.9. The summed E-state index contributed by atoms with van der Waals surface area (Å²) in [4.78, 5) is 17.3. The van der Waals surface area contributed by atoms with Crippen molar-refractivity contribution in [3.63, 3.8) is 0 Å². The molecule has 1 atom stereocenters. The molecule has 0 saturated heterocycles. The van der Waals surface area contributed by atoms with Gasteiger partial charge in [0.2, 0.25) is 5.91 Å². The van der Waals surface area contributed by atoms with E-state index in [-0.39, 0.29) is 17.6 Å². The van der Waals surface area contributed by atoms with Gasteiger partial charge in [0.05, 0.1) is 16.0 Å². The summed E-state index contributed by atoms with van der Waals surface area (Å²) in [5.74, 6) is 0.500. The molecule has 0 aromatic carbocycles. The van der Waals surface area contributed by atoms with Crippen molar-refractivity contribution in [2.75, 3.05) is 31.3 Å². The zero-order chi connectivity index (χ0) is 13.9. The van der Waals surface area contributed by atoms with Gasteiger partial charge < -0.3 is 16.0 Å². The molecule has 0 aliphatic carbocycles. The number of hydrogen-bond donors (Lipinski definition) is 2. The summed E-state index contributed by atoms with van der Waals surface area (Å²) in [6, 6.07) is 1.54. The third kappa shape index (κ3) is 3.40. The molecule has 5 nitrogen and oxygen atoms in total. The average Bonchev–Trinajstić information content (AvgIpc) is 2.32. The molecule has 0 fully saturated rings. The number of nitrogen functional groups attached to an aromatic ring is 1. The topological polar surface area (TPSA) is 71.2 Å². The highest BCUT2D eigenvalue weighted by Gasteiger charge is 2.17. The van der Waals surface area contributed by atoms with E-state index in [1.54, 1.807) is 25.1 Å². The first-order valence-corrected chi connectivity index (χ1v) is 6.16. The molecule has 0 spiro atoms. The lowest BCUT2D eigenvalue weighted by Crippen LogP contribution is -2.34. The van der Waals surface area contributed by atoms with Crippen molar-refractivity contribution in [2.45, 2.75) is 6.92 Å². The molecule has 3 N–H and O–H groups in total. The quantitative estimate of drug-likeness (QED) is 0.887. The molecule has 0 aliphatic heterocycles. The normalized spacial score (nSPS) is 12.1. The molecule has 7 heteroatoms. The van der Waals surface area contributed by atoms with Gasteiger partial charge in [0.15, 0.2) is 0 Å². The lowest BCUT2D eigenvalue weighted by Gasteiger charge is -2.23. The zero-order valence-electron chi connectivity index (χ0n) is 10.5. The van der Waals surface area contributed by atoms with Crippen molar-refractivity contribution in [3.8, 4) is 0 Å². The molecular weight excluding hydrogens is 275 g/mol. The minimum absolute atomic E-state index is 0.0418. The van der Waals surface area contributed by atoms with E-state index in [0.29, 0.717) is 22.4 Å².